The fourth-order valence-electron chi connectivity index (χ4n) is 1.90. The number of hydrogen-bond donors (Lipinski definition) is 1. The molecule has 1 N–H and O–H groups in total. The van der Waals surface area contributed by atoms with Crippen LogP contribution in [0.25, 0.3) is 5.65 Å². The molecule has 2 aromatic heterocycles. The fourth-order valence-corrected chi connectivity index (χ4v) is 1.90. The van der Waals surface area contributed by atoms with E-state index in [1.165, 1.54) is 0 Å². The third-order valence-electron chi connectivity index (χ3n) is 3.07. The van der Waals surface area contributed by atoms with Gasteiger partial charge in [0.15, 0.2) is 5.65 Å². The molecule has 5 nitrogen and oxygen atoms in total. The van der Waals surface area contributed by atoms with Crippen LogP contribution < -0.4 is 0 Å². The lowest BCUT2D eigenvalue weighted by molar-refractivity contribution is 0.0697. The molecule has 0 aliphatic heterocycles. The topological polar surface area (TPSA) is 67.5 Å². The Kier molecular flexibility index (Phi) is 3.13. The van der Waals surface area contributed by atoms with E-state index in [1.54, 1.807) is 47.4 Å². The molecule has 0 amide bonds. The van der Waals surface area contributed by atoms with E-state index in [0.29, 0.717) is 11.1 Å². The molecule has 5 heteroatoms. The number of hydrogen-bond acceptors (Lipinski definition) is 3. The van der Waals surface area contributed by atoms with Gasteiger partial charge in [0.25, 0.3) is 0 Å². The Hall–Kier alpha value is -3.13. The Bertz CT molecular complexity index is 901. The third kappa shape index (κ3) is 2.60. The van der Waals surface area contributed by atoms with E-state index in [1.807, 2.05) is 6.92 Å². The highest BCUT2D eigenvalue weighted by atomic mass is 16.4. The summed E-state index contributed by atoms with van der Waals surface area (Å²) in [4.78, 5) is 15.2. The zero-order valence-corrected chi connectivity index (χ0v) is 11.2. The number of nitrogens with zero attached hydrogens (tertiary/aromatic N) is 3. The Morgan fingerprint density at radius 1 is 1.29 bits per heavy atom. The zero-order chi connectivity index (χ0) is 14.8. The number of aromatic carboxylic acids is 1. The summed E-state index contributed by atoms with van der Waals surface area (Å²) in [7, 11) is 0. The maximum atomic E-state index is 11.0. The Labute approximate surface area is 120 Å². The van der Waals surface area contributed by atoms with Crippen LogP contribution in [-0.4, -0.2) is 25.7 Å². The lowest BCUT2D eigenvalue weighted by Gasteiger charge is -2.00. The minimum Gasteiger partial charge on any atom is -0.478 e. The van der Waals surface area contributed by atoms with Crippen LogP contribution in [0.1, 0.15) is 27.0 Å². The summed E-state index contributed by atoms with van der Waals surface area (Å²) in [5.74, 6) is 5.01. The molecular weight excluding hydrogens is 266 g/mol. The summed E-state index contributed by atoms with van der Waals surface area (Å²) in [6, 6.07) is 6.70. The van der Waals surface area contributed by atoms with E-state index in [4.69, 9.17) is 5.11 Å². The third-order valence-corrected chi connectivity index (χ3v) is 3.07. The molecule has 1 aromatic carbocycles. The molecule has 0 spiro atoms. The molecule has 2 heterocycles. The van der Waals surface area contributed by atoms with Crippen molar-refractivity contribution < 1.29 is 9.90 Å². The second-order valence-corrected chi connectivity index (χ2v) is 4.56. The van der Waals surface area contributed by atoms with Crippen molar-refractivity contribution in [2.24, 2.45) is 0 Å². The van der Waals surface area contributed by atoms with Crippen molar-refractivity contribution in [2.75, 3.05) is 0 Å². The monoisotopic (exact) mass is 277 g/mol. The van der Waals surface area contributed by atoms with Crippen molar-refractivity contribution >= 4 is 11.6 Å². The van der Waals surface area contributed by atoms with E-state index in [-0.39, 0.29) is 5.56 Å². The number of carbonyl (C=O) groups is 1. The fraction of sp³-hybridized carbons (Fsp3) is 0.0625. The van der Waals surface area contributed by atoms with Crippen molar-refractivity contribution in [3.8, 4) is 11.8 Å². The normalized spacial score (nSPS) is 10.1. The largest absolute Gasteiger partial charge is 0.478 e. The summed E-state index contributed by atoms with van der Waals surface area (Å²) < 4.78 is 1.64. The van der Waals surface area contributed by atoms with Crippen molar-refractivity contribution in [1.29, 1.82) is 0 Å². The van der Waals surface area contributed by atoms with Crippen LogP contribution in [0.5, 0.6) is 0 Å². The summed E-state index contributed by atoms with van der Waals surface area (Å²) in [6.07, 6.45) is 5.12. The highest BCUT2D eigenvalue weighted by Crippen LogP contribution is 2.10. The quantitative estimate of drug-likeness (QED) is 0.692. The number of carboxylic acid groups (broad SMARTS) is 1. The van der Waals surface area contributed by atoms with Crippen LogP contribution in [0.2, 0.25) is 0 Å². The highest BCUT2D eigenvalue weighted by Gasteiger charge is 2.04. The summed E-state index contributed by atoms with van der Waals surface area (Å²) >= 11 is 0. The first kappa shape index (κ1) is 12.9. The van der Waals surface area contributed by atoms with Crippen LogP contribution in [-0.2, 0) is 0 Å². The first-order chi connectivity index (χ1) is 10.1. The van der Waals surface area contributed by atoms with Gasteiger partial charge in [-0.2, -0.15) is 5.10 Å². The van der Waals surface area contributed by atoms with Crippen LogP contribution in [0.3, 0.4) is 0 Å². The second-order valence-electron chi connectivity index (χ2n) is 4.56. The molecule has 0 radical (unpaired) electrons. The Morgan fingerprint density at radius 3 is 2.95 bits per heavy atom. The molecule has 0 aliphatic rings. The van der Waals surface area contributed by atoms with Crippen molar-refractivity contribution in [3.63, 3.8) is 0 Å². The molecule has 21 heavy (non-hydrogen) atoms. The average molecular weight is 277 g/mol. The SMILES string of the molecule is Cc1ccc(C(=O)O)cc1C#Cc1cnc2ccnn2c1. The van der Waals surface area contributed by atoms with Gasteiger partial charge in [0.1, 0.15) is 0 Å². The first-order valence-corrected chi connectivity index (χ1v) is 6.29. The van der Waals surface area contributed by atoms with Gasteiger partial charge in [-0.05, 0) is 24.6 Å². The van der Waals surface area contributed by atoms with E-state index < -0.39 is 5.97 Å². The van der Waals surface area contributed by atoms with Gasteiger partial charge in [0.05, 0.1) is 17.3 Å². The molecule has 0 aliphatic carbocycles. The number of fused-ring (bicyclic) bond motifs is 1. The van der Waals surface area contributed by atoms with Gasteiger partial charge >= 0.3 is 5.97 Å². The van der Waals surface area contributed by atoms with Gasteiger partial charge in [-0.25, -0.2) is 14.3 Å². The lowest BCUT2D eigenvalue weighted by Crippen LogP contribution is -1.97. The van der Waals surface area contributed by atoms with Crippen molar-refractivity contribution in [1.82, 2.24) is 14.6 Å². The van der Waals surface area contributed by atoms with Gasteiger partial charge < -0.3 is 5.11 Å². The molecule has 0 bridgehead atoms. The summed E-state index contributed by atoms with van der Waals surface area (Å²) in [6.45, 7) is 1.89. The smallest absolute Gasteiger partial charge is 0.335 e. The molecule has 102 valence electrons. The van der Waals surface area contributed by atoms with E-state index in [2.05, 4.69) is 21.9 Å². The second kappa shape index (κ2) is 5.10. The van der Waals surface area contributed by atoms with Crippen LogP contribution >= 0.6 is 0 Å². The predicted molar refractivity (Wildman–Crippen MR) is 77.1 cm³/mol. The molecule has 0 saturated carbocycles. The lowest BCUT2D eigenvalue weighted by atomic mass is 10.1. The number of rotatable bonds is 1. The van der Waals surface area contributed by atoms with E-state index >= 15 is 0 Å². The predicted octanol–water partition coefficient (Wildman–Crippen LogP) is 2.14. The molecule has 0 saturated heterocycles. The van der Waals surface area contributed by atoms with Gasteiger partial charge in [-0.3, -0.25) is 0 Å². The minimum atomic E-state index is -0.960. The van der Waals surface area contributed by atoms with Gasteiger partial charge in [0, 0.05) is 24.0 Å². The molecular formula is C16H11N3O2. The van der Waals surface area contributed by atoms with Gasteiger partial charge in [-0.15, -0.1) is 0 Å². The van der Waals surface area contributed by atoms with E-state index in [0.717, 1.165) is 11.2 Å². The first-order valence-electron chi connectivity index (χ1n) is 6.29. The van der Waals surface area contributed by atoms with E-state index in [9.17, 15) is 4.79 Å². The minimum absolute atomic E-state index is 0.227. The maximum absolute atomic E-state index is 11.0. The number of aromatic nitrogens is 3. The molecule has 3 rings (SSSR count). The summed E-state index contributed by atoms with van der Waals surface area (Å²) in [5, 5.41) is 13.1. The molecule has 0 fully saturated rings. The number of benzene rings is 1. The zero-order valence-electron chi connectivity index (χ0n) is 11.2. The van der Waals surface area contributed by atoms with Gasteiger partial charge in [-0.1, -0.05) is 17.9 Å². The standard InChI is InChI=1S/C16H11N3O2/c1-11-2-4-14(16(20)21)8-13(11)5-3-12-9-17-15-6-7-18-19(15)10-12/h2,4,6-10H,1H3,(H,20,21). The van der Waals surface area contributed by atoms with Crippen LogP contribution in [0.4, 0.5) is 0 Å². The average Bonchev–Trinajstić information content (AvgIpc) is 2.93. The maximum Gasteiger partial charge on any atom is 0.335 e. The van der Waals surface area contributed by atoms with Crippen molar-refractivity contribution in [2.45, 2.75) is 6.92 Å². The number of aryl methyl sites for hydroxylation is 1. The molecule has 0 atom stereocenters. The van der Waals surface area contributed by atoms with Crippen LogP contribution in [0.15, 0.2) is 42.9 Å². The molecule has 3 aromatic rings. The van der Waals surface area contributed by atoms with Gasteiger partial charge in [0.2, 0.25) is 0 Å². The summed E-state index contributed by atoms with van der Waals surface area (Å²) in [5.41, 5.74) is 3.32. The van der Waals surface area contributed by atoms with Crippen molar-refractivity contribution in [3.05, 3.63) is 65.1 Å². The Balaban J connectivity index is 1.99. The highest BCUT2D eigenvalue weighted by molar-refractivity contribution is 5.88. The van der Waals surface area contributed by atoms with Crippen LogP contribution in [0, 0.1) is 18.8 Å². The molecule has 0 unspecified atom stereocenters. The Morgan fingerprint density at radius 2 is 2.14 bits per heavy atom. The number of carboxylic acids is 1.